The molecule has 1 aliphatic carbocycles. The van der Waals surface area contributed by atoms with E-state index in [9.17, 15) is 0 Å². The molecule has 1 heterocycles. The number of hydrogen-bond donors (Lipinski definition) is 2. The fraction of sp³-hybridized carbons (Fsp3) is 0.857. The number of hydrazone groups is 1. The van der Waals surface area contributed by atoms with Crippen LogP contribution in [0.1, 0.15) is 32.1 Å². The Kier molecular flexibility index (Phi) is 1.38. The third kappa shape index (κ3) is 0.904. The number of rotatable bonds is 0. The molecule has 1 saturated carbocycles. The molecule has 0 bridgehead atoms. The molecule has 3 nitrogen and oxygen atoms in total. The zero-order valence-electron chi connectivity index (χ0n) is 6.06. The lowest BCUT2D eigenvalue weighted by Gasteiger charge is -2.29. The highest BCUT2D eigenvalue weighted by Gasteiger charge is 2.32. The van der Waals surface area contributed by atoms with Gasteiger partial charge in [-0.2, -0.15) is 5.10 Å². The molecule has 1 spiro atoms. The van der Waals surface area contributed by atoms with Crippen molar-refractivity contribution in [3.05, 3.63) is 0 Å². The van der Waals surface area contributed by atoms with Crippen LogP contribution in [-0.4, -0.2) is 11.8 Å². The average Bonchev–Trinajstić information content (AvgIpc) is 2.39. The van der Waals surface area contributed by atoms with Crippen LogP contribution < -0.4 is 11.0 Å². The van der Waals surface area contributed by atoms with Gasteiger partial charge in [0.2, 0.25) is 0 Å². The van der Waals surface area contributed by atoms with E-state index < -0.39 is 0 Å². The number of hydrogen-bond acceptors (Lipinski definition) is 3. The summed E-state index contributed by atoms with van der Waals surface area (Å²) in [5.74, 6) is 0. The lowest BCUT2D eigenvalue weighted by atomic mass is 9.83. The topological polar surface area (TPSA) is 36.4 Å². The molecule has 2 aliphatic rings. The first-order valence-corrected chi connectivity index (χ1v) is 3.98. The maximum Gasteiger partial charge on any atom is 0.0754 e. The molecule has 0 aromatic heterocycles. The van der Waals surface area contributed by atoms with Gasteiger partial charge in [0, 0.05) is 6.21 Å². The summed E-state index contributed by atoms with van der Waals surface area (Å²) in [6.07, 6.45) is 8.55. The SMILES string of the molecule is C1=NNNC12CCCCC2. The molecule has 0 saturated heterocycles. The van der Waals surface area contributed by atoms with E-state index >= 15 is 0 Å². The number of nitrogens with zero attached hydrogens (tertiary/aromatic N) is 1. The summed E-state index contributed by atoms with van der Waals surface area (Å²) in [5.41, 5.74) is 6.22. The van der Waals surface area contributed by atoms with Gasteiger partial charge in [-0.1, -0.05) is 19.3 Å². The van der Waals surface area contributed by atoms with Crippen molar-refractivity contribution < 1.29 is 0 Å². The van der Waals surface area contributed by atoms with E-state index in [4.69, 9.17) is 0 Å². The highest BCUT2D eigenvalue weighted by atomic mass is 15.6. The van der Waals surface area contributed by atoms with Crippen molar-refractivity contribution in [1.82, 2.24) is 11.0 Å². The molecule has 2 rings (SSSR count). The van der Waals surface area contributed by atoms with E-state index in [-0.39, 0.29) is 5.54 Å². The van der Waals surface area contributed by atoms with Crippen LogP contribution in [0.25, 0.3) is 0 Å². The van der Waals surface area contributed by atoms with Crippen LogP contribution >= 0.6 is 0 Å². The maximum absolute atomic E-state index is 3.97. The minimum atomic E-state index is 0.220. The lowest BCUT2D eigenvalue weighted by molar-refractivity contribution is 0.308. The van der Waals surface area contributed by atoms with E-state index in [1.807, 2.05) is 6.21 Å². The molecule has 56 valence electrons. The van der Waals surface area contributed by atoms with Crippen molar-refractivity contribution in [2.24, 2.45) is 5.10 Å². The van der Waals surface area contributed by atoms with Gasteiger partial charge >= 0.3 is 0 Å². The molecule has 0 aromatic rings. The molecule has 2 N–H and O–H groups in total. The van der Waals surface area contributed by atoms with Crippen LogP contribution in [0.2, 0.25) is 0 Å². The third-order valence-electron chi connectivity index (χ3n) is 2.43. The molecule has 3 heteroatoms. The molecule has 0 unspecified atom stereocenters. The van der Waals surface area contributed by atoms with Crippen LogP contribution in [0.3, 0.4) is 0 Å². The predicted molar refractivity (Wildman–Crippen MR) is 40.6 cm³/mol. The fourth-order valence-electron chi connectivity index (χ4n) is 1.77. The minimum absolute atomic E-state index is 0.220. The second kappa shape index (κ2) is 2.23. The van der Waals surface area contributed by atoms with Crippen LogP contribution in [-0.2, 0) is 0 Å². The Morgan fingerprint density at radius 1 is 1.20 bits per heavy atom. The van der Waals surface area contributed by atoms with Crippen LogP contribution in [0, 0.1) is 0 Å². The Morgan fingerprint density at radius 3 is 2.60 bits per heavy atom. The molecular weight excluding hydrogens is 126 g/mol. The molecule has 0 radical (unpaired) electrons. The van der Waals surface area contributed by atoms with Gasteiger partial charge in [0.25, 0.3) is 0 Å². The van der Waals surface area contributed by atoms with E-state index in [1.54, 1.807) is 0 Å². The van der Waals surface area contributed by atoms with Gasteiger partial charge in [-0.05, 0) is 12.8 Å². The first-order chi connectivity index (χ1) is 4.91. The average molecular weight is 139 g/mol. The normalized spacial score (nSPS) is 28.8. The zero-order chi connectivity index (χ0) is 6.86. The fourth-order valence-corrected chi connectivity index (χ4v) is 1.77. The lowest BCUT2D eigenvalue weighted by Crippen LogP contribution is -2.47. The highest BCUT2D eigenvalue weighted by Crippen LogP contribution is 2.27. The highest BCUT2D eigenvalue weighted by molar-refractivity contribution is 5.71. The molecule has 0 atom stereocenters. The summed E-state index contributed by atoms with van der Waals surface area (Å²) in [7, 11) is 0. The van der Waals surface area contributed by atoms with Crippen molar-refractivity contribution in [3.8, 4) is 0 Å². The molecule has 0 aromatic carbocycles. The van der Waals surface area contributed by atoms with Crippen molar-refractivity contribution in [1.29, 1.82) is 0 Å². The monoisotopic (exact) mass is 139 g/mol. The number of nitrogens with one attached hydrogen (secondary N) is 2. The van der Waals surface area contributed by atoms with Crippen molar-refractivity contribution in [2.75, 3.05) is 0 Å². The van der Waals surface area contributed by atoms with E-state index in [1.165, 1.54) is 32.1 Å². The largest absolute Gasteiger partial charge is 0.242 e. The standard InChI is InChI=1S/C7H13N3/c1-2-4-7(5-3-1)6-8-10-9-7/h6,9-10H,1-5H2. The third-order valence-corrected chi connectivity index (χ3v) is 2.43. The molecule has 1 aliphatic heterocycles. The van der Waals surface area contributed by atoms with E-state index in [2.05, 4.69) is 16.1 Å². The zero-order valence-corrected chi connectivity index (χ0v) is 6.06. The van der Waals surface area contributed by atoms with Gasteiger partial charge in [-0.25, -0.2) is 11.0 Å². The van der Waals surface area contributed by atoms with Crippen molar-refractivity contribution in [3.63, 3.8) is 0 Å². The van der Waals surface area contributed by atoms with E-state index in [0.717, 1.165) is 0 Å². The smallest absolute Gasteiger partial charge is 0.0754 e. The first-order valence-electron chi connectivity index (χ1n) is 3.98. The summed E-state index contributed by atoms with van der Waals surface area (Å²) in [5, 5.41) is 3.97. The molecule has 10 heavy (non-hydrogen) atoms. The predicted octanol–water partition coefficient (Wildman–Crippen LogP) is 0.783. The molecule has 1 fully saturated rings. The van der Waals surface area contributed by atoms with Crippen LogP contribution in [0.15, 0.2) is 5.10 Å². The van der Waals surface area contributed by atoms with Crippen molar-refractivity contribution in [2.45, 2.75) is 37.6 Å². The maximum atomic E-state index is 3.97. The summed E-state index contributed by atoms with van der Waals surface area (Å²) < 4.78 is 0. The summed E-state index contributed by atoms with van der Waals surface area (Å²) in [4.78, 5) is 0. The second-order valence-corrected chi connectivity index (χ2v) is 3.21. The van der Waals surface area contributed by atoms with E-state index in [0.29, 0.717) is 0 Å². The van der Waals surface area contributed by atoms with Gasteiger partial charge in [0.15, 0.2) is 0 Å². The Balaban J connectivity index is 2.05. The Labute approximate surface area is 60.9 Å². The first kappa shape index (κ1) is 6.16. The van der Waals surface area contributed by atoms with Gasteiger partial charge in [-0.15, -0.1) is 0 Å². The Hall–Kier alpha value is -0.570. The van der Waals surface area contributed by atoms with Crippen molar-refractivity contribution >= 4 is 6.21 Å². The Morgan fingerprint density at radius 2 is 2.00 bits per heavy atom. The summed E-state index contributed by atoms with van der Waals surface area (Å²) in [6.45, 7) is 0. The minimum Gasteiger partial charge on any atom is -0.242 e. The van der Waals surface area contributed by atoms with Gasteiger partial charge in [0.1, 0.15) is 0 Å². The summed E-state index contributed by atoms with van der Waals surface area (Å²) >= 11 is 0. The van der Waals surface area contributed by atoms with Gasteiger partial charge < -0.3 is 0 Å². The van der Waals surface area contributed by atoms with Crippen LogP contribution in [0.5, 0.6) is 0 Å². The van der Waals surface area contributed by atoms with Gasteiger partial charge in [0.05, 0.1) is 5.54 Å². The molecule has 0 amide bonds. The molecular formula is C7H13N3. The second-order valence-electron chi connectivity index (χ2n) is 3.21. The van der Waals surface area contributed by atoms with Gasteiger partial charge in [-0.3, -0.25) is 0 Å². The quantitative estimate of drug-likeness (QED) is 0.520. The summed E-state index contributed by atoms with van der Waals surface area (Å²) in [6, 6.07) is 0. The Bertz CT molecular complexity index is 147. The number of hydrazine groups is 1. The van der Waals surface area contributed by atoms with Crippen LogP contribution in [0.4, 0.5) is 0 Å².